The Morgan fingerprint density at radius 3 is 2.64 bits per heavy atom. The molecule has 4 nitrogen and oxygen atoms in total. The van der Waals surface area contributed by atoms with Gasteiger partial charge < -0.3 is 10.3 Å². The van der Waals surface area contributed by atoms with Gasteiger partial charge in [0.2, 0.25) is 0 Å². The lowest BCUT2D eigenvalue weighted by atomic mass is 10.2. The molecular formula is C10H10N2O2. The maximum Gasteiger partial charge on any atom is 0.416 e. The molecule has 0 saturated carbocycles. The molecule has 14 heavy (non-hydrogen) atoms. The Hall–Kier alpha value is -1.93. The third-order valence-electron chi connectivity index (χ3n) is 1.66. The Morgan fingerprint density at radius 1 is 1.43 bits per heavy atom. The van der Waals surface area contributed by atoms with E-state index in [2.05, 4.69) is 4.79 Å². The molecule has 1 aromatic carbocycles. The van der Waals surface area contributed by atoms with Crippen molar-refractivity contribution >= 4 is 11.7 Å². The van der Waals surface area contributed by atoms with Gasteiger partial charge in [-0.1, -0.05) is 30.3 Å². The molecule has 0 radical (unpaired) electrons. The highest BCUT2D eigenvalue weighted by molar-refractivity contribution is 6.32. The van der Waals surface area contributed by atoms with Crippen LogP contribution in [0.3, 0.4) is 0 Å². The molecule has 0 atom stereocenters. The molecule has 72 valence electrons. The molecule has 0 spiro atoms. The smallest absolute Gasteiger partial charge is 0.416 e. The normalized spacial score (nSPS) is 8.93. The Morgan fingerprint density at radius 2 is 2.07 bits per heavy atom. The number of hydrogen-bond acceptors (Lipinski definition) is 2. The Bertz CT molecular complexity index is 367. The summed E-state index contributed by atoms with van der Waals surface area (Å²) in [5.41, 5.74) is 9.13. The van der Waals surface area contributed by atoms with E-state index in [9.17, 15) is 4.79 Å². The van der Waals surface area contributed by atoms with Gasteiger partial charge in [0, 0.05) is 6.92 Å². The van der Waals surface area contributed by atoms with Gasteiger partial charge in [0.15, 0.2) is 0 Å². The molecule has 4 heteroatoms. The van der Waals surface area contributed by atoms with E-state index in [1.807, 2.05) is 30.3 Å². The first-order valence-electron chi connectivity index (χ1n) is 4.13. The highest BCUT2D eigenvalue weighted by Gasteiger charge is 2.14. The second-order valence-electron chi connectivity index (χ2n) is 2.75. The Balaban J connectivity index is 2.50. The second kappa shape index (κ2) is 4.94. The fourth-order valence-electron chi connectivity index (χ4n) is 0.868. The van der Waals surface area contributed by atoms with Crippen molar-refractivity contribution in [3.63, 3.8) is 0 Å². The molecule has 0 saturated heterocycles. The summed E-state index contributed by atoms with van der Waals surface area (Å²) in [6, 6.07) is 9.29. The predicted molar refractivity (Wildman–Crippen MR) is 50.5 cm³/mol. The number of hydrogen-bond donors (Lipinski definition) is 0. The molecule has 1 aromatic rings. The summed E-state index contributed by atoms with van der Waals surface area (Å²) in [6.07, 6.45) is 0. The van der Waals surface area contributed by atoms with E-state index < -0.39 is 5.97 Å². The maximum absolute atomic E-state index is 11.0. The monoisotopic (exact) mass is 190 g/mol. The minimum absolute atomic E-state index is 0.0547. The number of benzene rings is 1. The van der Waals surface area contributed by atoms with Crippen molar-refractivity contribution in [1.29, 1.82) is 0 Å². The van der Waals surface area contributed by atoms with Crippen LogP contribution in [0.15, 0.2) is 30.3 Å². The standard InChI is InChI=1S/C10H10N2O2/c1-8(12-11)10(13)14-7-9-5-3-2-4-6-9/h2-6H,7H2,1H3. The van der Waals surface area contributed by atoms with E-state index >= 15 is 0 Å². The number of carbonyl (C=O) groups is 1. The summed E-state index contributed by atoms with van der Waals surface area (Å²) < 4.78 is 4.85. The Labute approximate surface area is 81.7 Å². The van der Waals surface area contributed by atoms with Gasteiger partial charge in [0.05, 0.1) is 0 Å². The molecule has 0 fully saturated rings. The van der Waals surface area contributed by atoms with Crippen molar-refractivity contribution in [2.45, 2.75) is 13.5 Å². The van der Waals surface area contributed by atoms with Crippen LogP contribution in [0.4, 0.5) is 0 Å². The first kappa shape index (κ1) is 10.2. The molecule has 1 rings (SSSR count). The SMILES string of the molecule is CC(=[N+]=[N-])C(=O)OCc1ccccc1. The van der Waals surface area contributed by atoms with E-state index in [-0.39, 0.29) is 12.3 Å². The van der Waals surface area contributed by atoms with Crippen molar-refractivity contribution in [3.8, 4) is 0 Å². The van der Waals surface area contributed by atoms with Crippen LogP contribution in [-0.4, -0.2) is 16.5 Å². The van der Waals surface area contributed by atoms with Crippen molar-refractivity contribution in [2.75, 3.05) is 0 Å². The lowest BCUT2D eigenvalue weighted by Crippen LogP contribution is -2.14. The van der Waals surface area contributed by atoms with Crippen molar-refractivity contribution in [3.05, 3.63) is 41.4 Å². The molecule has 0 unspecified atom stereocenters. The van der Waals surface area contributed by atoms with Crippen LogP contribution in [0, 0.1) is 0 Å². The molecule has 0 amide bonds. The summed E-state index contributed by atoms with van der Waals surface area (Å²) in [6.45, 7) is 1.57. The zero-order valence-corrected chi connectivity index (χ0v) is 7.80. The fraction of sp³-hybridized carbons (Fsp3) is 0.200. The van der Waals surface area contributed by atoms with Crippen LogP contribution in [0.1, 0.15) is 12.5 Å². The first-order chi connectivity index (χ1) is 6.74. The third kappa shape index (κ3) is 2.84. The van der Waals surface area contributed by atoms with Gasteiger partial charge in [-0.25, -0.2) is 4.79 Å². The molecular weight excluding hydrogens is 180 g/mol. The lowest BCUT2D eigenvalue weighted by Gasteiger charge is -2.00. The van der Waals surface area contributed by atoms with Crippen LogP contribution in [0.25, 0.3) is 5.53 Å². The summed E-state index contributed by atoms with van der Waals surface area (Å²) in [7, 11) is 0. The van der Waals surface area contributed by atoms with Gasteiger partial charge in [0.25, 0.3) is 0 Å². The number of carbonyl (C=O) groups excluding carboxylic acids is 1. The minimum Gasteiger partial charge on any atom is -0.452 e. The second-order valence-corrected chi connectivity index (χ2v) is 2.75. The van der Waals surface area contributed by atoms with Crippen molar-refractivity contribution < 1.29 is 14.3 Å². The van der Waals surface area contributed by atoms with E-state index in [0.29, 0.717) is 0 Å². The molecule has 0 aromatic heterocycles. The lowest BCUT2D eigenvalue weighted by molar-refractivity contribution is -0.141. The molecule has 0 aliphatic heterocycles. The van der Waals surface area contributed by atoms with E-state index in [4.69, 9.17) is 10.3 Å². The van der Waals surface area contributed by atoms with E-state index in [1.165, 1.54) is 6.92 Å². The van der Waals surface area contributed by atoms with Gasteiger partial charge in [-0.15, -0.1) is 0 Å². The third-order valence-corrected chi connectivity index (χ3v) is 1.66. The highest BCUT2D eigenvalue weighted by atomic mass is 16.5. The summed E-state index contributed by atoms with van der Waals surface area (Å²) in [5.74, 6) is -0.614. The van der Waals surface area contributed by atoms with Crippen LogP contribution in [0.2, 0.25) is 0 Å². The maximum atomic E-state index is 11.0. The largest absolute Gasteiger partial charge is 0.452 e. The molecule has 0 aliphatic carbocycles. The Kier molecular flexibility index (Phi) is 3.58. The first-order valence-corrected chi connectivity index (χ1v) is 4.13. The summed E-state index contributed by atoms with van der Waals surface area (Å²) in [4.78, 5) is 13.8. The van der Waals surface area contributed by atoms with Crippen LogP contribution in [-0.2, 0) is 16.1 Å². The van der Waals surface area contributed by atoms with Gasteiger partial charge in [0.1, 0.15) is 6.61 Å². The van der Waals surface area contributed by atoms with Gasteiger partial charge in [-0.05, 0) is 5.56 Å². The van der Waals surface area contributed by atoms with Gasteiger partial charge >= 0.3 is 11.7 Å². The molecule has 0 bridgehead atoms. The number of nitrogens with zero attached hydrogens (tertiary/aromatic N) is 2. The minimum atomic E-state index is -0.614. The van der Waals surface area contributed by atoms with E-state index in [1.54, 1.807) is 0 Å². The number of ether oxygens (including phenoxy) is 1. The zero-order chi connectivity index (χ0) is 10.4. The van der Waals surface area contributed by atoms with Gasteiger partial charge in [-0.3, -0.25) is 0 Å². The van der Waals surface area contributed by atoms with Gasteiger partial charge in [-0.2, -0.15) is 4.79 Å². The summed E-state index contributed by atoms with van der Waals surface area (Å²) >= 11 is 0. The van der Waals surface area contributed by atoms with Crippen molar-refractivity contribution in [1.82, 2.24) is 0 Å². The molecule has 0 heterocycles. The average Bonchev–Trinajstić information content (AvgIpc) is 2.26. The summed E-state index contributed by atoms with van der Waals surface area (Å²) in [5, 5.41) is 0. The molecule has 0 N–H and O–H groups in total. The highest BCUT2D eigenvalue weighted by Crippen LogP contribution is 2.00. The topological polar surface area (TPSA) is 62.7 Å². The number of esters is 1. The average molecular weight is 190 g/mol. The van der Waals surface area contributed by atoms with E-state index in [0.717, 1.165) is 5.56 Å². The quantitative estimate of drug-likeness (QED) is 0.313. The van der Waals surface area contributed by atoms with Crippen molar-refractivity contribution in [2.24, 2.45) is 0 Å². The van der Waals surface area contributed by atoms with Crippen LogP contribution < -0.4 is 0 Å². The molecule has 0 aliphatic rings. The number of rotatable bonds is 3. The fourth-order valence-corrected chi connectivity index (χ4v) is 0.868. The predicted octanol–water partition coefficient (Wildman–Crippen LogP) is 1.42. The van der Waals surface area contributed by atoms with Crippen LogP contribution >= 0.6 is 0 Å². The zero-order valence-electron chi connectivity index (χ0n) is 7.80. The van der Waals surface area contributed by atoms with Crippen LogP contribution in [0.5, 0.6) is 0 Å².